The van der Waals surface area contributed by atoms with Gasteiger partial charge in [-0.15, -0.1) is 11.3 Å². The summed E-state index contributed by atoms with van der Waals surface area (Å²) >= 11 is 1.40. The molecule has 0 spiro atoms. The van der Waals surface area contributed by atoms with Crippen LogP contribution in [0.4, 0.5) is 13.9 Å². The predicted octanol–water partition coefficient (Wildman–Crippen LogP) is 4.27. The van der Waals surface area contributed by atoms with Crippen LogP contribution in [0.1, 0.15) is 52.7 Å². The lowest BCUT2D eigenvalue weighted by Gasteiger charge is -2.08. The number of rotatable bonds is 5. The average Bonchev–Trinajstić information content (AvgIpc) is 3.34. The van der Waals surface area contributed by atoms with E-state index < -0.39 is 6.43 Å². The zero-order chi connectivity index (χ0) is 19.3. The van der Waals surface area contributed by atoms with Gasteiger partial charge in [0.05, 0.1) is 16.8 Å². The molecular weight excluding hydrogens is 372 g/mol. The van der Waals surface area contributed by atoms with Gasteiger partial charge in [0.1, 0.15) is 6.54 Å². The maximum atomic E-state index is 13.6. The fourth-order valence-corrected chi connectivity index (χ4v) is 3.93. The Labute approximate surface area is 158 Å². The zero-order valence-electron chi connectivity index (χ0n) is 15.2. The van der Waals surface area contributed by atoms with E-state index in [0.29, 0.717) is 27.6 Å². The monoisotopic (exact) mass is 391 g/mol. The predicted molar refractivity (Wildman–Crippen MR) is 99.4 cm³/mol. The number of fused-ring (bicyclic) bond motifs is 1. The Morgan fingerprint density at radius 3 is 2.63 bits per heavy atom. The highest BCUT2D eigenvalue weighted by Gasteiger charge is 2.29. The largest absolute Gasteiger partial charge is 0.300 e. The molecular formula is C18H19F2N5OS. The van der Waals surface area contributed by atoms with Crippen LogP contribution in [-0.4, -0.2) is 25.7 Å². The van der Waals surface area contributed by atoms with Gasteiger partial charge in [-0.3, -0.25) is 4.79 Å². The quantitative estimate of drug-likeness (QED) is 0.705. The number of halogens is 2. The number of pyridine rings is 1. The van der Waals surface area contributed by atoms with Crippen molar-refractivity contribution in [2.45, 2.75) is 52.5 Å². The van der Waals surface area contributed by atoms with Crippen LogP contribution in [0.5, 0.6) is 0 Å². The number of aromatic nitrogens is 4. The number of hydrogen-bond donors (Lipinski definition) is 1. The molecule has 9 heteroatoms. The Hall–Kier alpha value is -2.42. The minimum atomic E-state index is -2.61. The van der Waals surface area contributed by atoms with E-state index >= 15 is 0 Å². The summed E-state index contributed by atoms with van der Waals surface area (Å²) in [7, 11) is 0. The van der Waals surface area contributed by atoms with Gasteiger partial charge in [0.25, 0.3) is 6.43 Å². The molecule has 1 amide bonds. The first-order valence-electron chi connectivity index (χ1n) is 8.73. The summed E-state index contributed by atoms with van der Waals surface area (Å²) in [6.07, 6.45) is -0.700. The van der Waals surface area contributed by atoms with Gasteiger partial charge in [-0.05, 0) is 39.7 Å². The molecule has 1 aliphatic carbocycles. The number of carbonyl (C=O) groups is 1. The Morgan fingerprint density at radius 1 is 1.30 bits per heavy atom. The van der Waals surface area contributed by atoms with Crippen molar-refractivity contribution in [3.63, 3.8) is 0 Å². The Balaban J connectivity index is 1.67. The molecule has 3 aromatic rings. The van der Waals surface area contributed by atoms with E-state index in [2.05, 4.69) is 20.4 Å². The molecule has 1 fully saturated rings. The molecule has 0 unspecified atom stereocenters. The van der Waals surface area contributed by atoms with Crippen LogP contribution in [0.3, 0.4) is 0 Å². The van der Waals surface area contributed by atoms with Gasteiger partial charge in [0.2, 0.25) is 5.91 Å². The average molecular weight is 391 g/mol. The maximum Gasteiger partial charge on any atom is 0.264 e. The summed E-state index contributed by atoms with van der Waals surface area (Å²) in [5.74, 6) is -0.0870. The normalized spacial score (nSPS) is 14.3. The Bertz CT molecular complexity index is 1020. The van der Waals surface area contributed by atoms with Crippen LogP contribution in [-0.2, 0) is 11.3 Å². The molecule has 1 N–H and O–H groups in total. The molecule has 0 saturated heterocycles. The second-order valence-electron chi connectivity index (χ2n) is 6.86. The maximum absolute atomic E-state index is 13.6. The first kappa shape index (κ1) is 18.0. The summed E-state index contributed by atoms with van der Waals surface area (Å²) in [6.45, 7) is 5.36. The standard InChI is InChI=1S/C18H19F2N5OS/c1-8-10(3)27-18(21-8)23-14(26)7-25-17-15(9(2)24-25)12(16(19)20)6-13(22-17)11-4-5-11/h6,11,16H,4-5,7H2,1-3H3,(H,21,23,26). The topological polar surface area (TPSA) is 72.7 Å². The molecule has 142 valence electrons. The minimum Gasteiger partial charge on any atom is -0.300 e. The highest BCUT2D eigenvalue weighted by molar-refractivity contribution is 7.15. The van der Waals surface area contributed by atoms with Crippen molar-refractivity contribution >= 4 is 33.4 Å². The van der Waals surface area contributed by atoms with E-state index in [-0.39, 0.29) is 23.9 Å². The number of amides is 1. The van der Waals surface area contributed by atoms with E-state index in [0.717, 1.165) is 23.4 Å². The Kier molecular flexibility index (Phi) is 4.41. The second kappa shape index (κ2) is 6.63. The van der Waals surface area contributed by atoms with Gasteiger partial charge in [0, 0.05) is 22.1 Å². The molecule has 1 saturated carbocycles. The molecule has 1 aliphatic rings. The first-order valence-corrected chi connectivity index (χ1v) is 9.55. The van der Waals surface area contributed by atoms with Gasteiger partial charge in [-0.1, -0.05) is 0 Å². The van der Waals surface area contributed by atoms with Crippen molar-refractivity contribution in [1.82, 2.24) is 19.7 Å². The lowest BCUT2D eigenvalue weighted by molar-refractivity contribution is -0.116. The number of alkyl halides is 2. The SMILES string of the molecule is Cc1nc(NC(=O)Cn2nc(C)c3c(C(F)F)cc(C4CC4)nc32)sc1C. The van der Waals surface area contributed by atoms with E-state index in [1.54, 1.807) is 6.92 Å². The molecule has 0 aromatic carbocycles. The number of thiazole rings is 1. The van der Waals surface area contributed by atoms with Gasteiger partial charge < -0.3 is 5.32 Å². The van der Waals surface area contributed by atoms with Crippen molar-refractivity contribution in [2.24, 2.45) is 0 Å². The summed E-state index contributed by atoms with van der Waals surface area (Å²) in [5.41, 5.74) is 2.26. The fourth-order valence-electron chi connectivity index (χ4n) is 3.10. The van der Waals surface area contributed by atoms with Gasteiger partial charge in [-0.2, -0.15) is 5.10 Å². The molecule has 0 radical (unpaired) electrons. The molecule has 0 bridgehead atoms. The van der Waals surface area contributed by atoms with Crippen molar-refractivity contribution < 1.29 is 13.6 Å². The molecule has 4 rings (SSSR count). The molecule has 6 nitrogen and oxygen atoms in total. The van der Waals surface area contributed by atoms with Crippen LogP contribution < -0.4 is 5.32 Å². The number of anilines is 1. The summed E-state index contributed by atoms with van der Waals surface area (Å²) in [4.78, 5) is 22.3. The third kappa shape index (κ3) is 3.43. The van der Waals surface area contributed by atoms with E-state index in [1.165, 1.54) is 22.1 Å². The number of nitrogens with zero attached hydrogens (tertiary/aromatic N) is 4. The summed E-state index contributed by atoms with van der Waals surface area (Å²) in [6, 6.07) is 1.49. The van der Waals surface area contributed by atoms with Crippen molar-refractivity contribution in [3.8, 4) is 0 Å². The molecule has 0 atom stereocenters. The number of carbonyl (C=O) groups excluding carboxylic acids is 1. The highest BCUT2D eigenvalue weighted by atomic mass is 32.1. The van der Waals surface area contributed by atoms with Gasteiger partial charge >= 0.3 is 0 Å². The number of hydrogen-bond acceptors (Lipinski definition) is 5. The Morgan fingerprint density at radius 2 is 2.04 bits per heavy atom. The summed E-state index contributed by atoms with van der Waals surface area (Å²) < 4.78 is 28.6. The number of aryl methyl sites for hydroxylation is 3. The minimum absolute atomic E-state index is 0.0581. The molecule has 3 heterocycles. The van der Waals surface area contributed by atoms with Crippen molar-refractivity contribution in [3.05, 3.63) is 33.6 Å². The van der Waals surface area contributed by atoms with Crippen LogP contribution in [0, 0.1) is 20.8 Å². The van der Waals surface area contributed by atoms with Crippen LogP contribution in [0.15, 0.2) is 6.07 Å². The smallest absolute Gasteiger partial charge is 0.264 e. The van der Waals surface area contributed by atoms with E-state index in [9.17, 15) is 13.6 Å². The molecule has 27 heavy (non-hydrogen) atoms. The van der Waals surface area contributed by atoms with Crippen molar-refractivity contribution in [1.29, 1.82) is 0 Å². The fraction of sp³-hybridized carbons (Fsp3) is 0.444. The van der Waals surface area contributed by atoms with Crippen LogP contribution in [0.2, 0.25) is 0 Å². The number of nitrogens with one attached hydrogen (secondary N) is 1. The lowest BCUT2D eigenvalue weighted by Crippen LogP contribution is -2.19. The van der Waals surface area contributed by atoms with Crippen molar-refractivity contribution in [2.75, 3.05) is 5.32 Å². The third-order valence-corrected chi connectivity index (χ3v) is 5.71. The lowest BCUT2D eigenvalue weighted by atomic mass is 10.1. The molecule has 3 aromatic heterocycles. The third-order valence-electron chi connectivity index (χ3n) is 4.73. The van der Waals surface area contributed by atoms with Crippen LogP contribution >= 0.6 is 11.3 Å². The molecule has 0 aliphatic heterocycles. The van der Waals surface area contributed by atoms with E-state index in [1.807, 2.05) is 13.8 Å². The van der Waals surface area contributed by atoms with Crippen LogP contribution in [0.25, 0.3) is 11.0 Å². The summed E-state index contributed by atoms with van der Waals surface area (Å²) in [5, 5.41) is 7.90. The second-order valence-corrected chi connectivity index (χ2v) is 8.06. The van der Waals surface area contributed by atoms with Gasteiger partial charge in [0.15, 0.2) is 10.8 Å². The first-order chi connectivity index (χ1) is 12.8. The van der Waals surface area contributed by atoms with E-state index in [4.69, 9.17) is 0 Å². The zero-order valence-corrected chi connectivity index (χ0v) is 16.0. The highest BCUT2D eigenvalue weighted by Crippen LogP contribution is 2.41. The van der Waals surface area contributed by atoms with Gasteiger partial charge in [-0.25, -0.2) is 23.4 Å².